The van der Waals surface area contributed by atoms with Crippen LogP contribution in [0.2, 0.25) is 0 Å². The van der Waals surface area contributed by atoms with Gasteiger partial charge in [0.1, 0.15) is 6.54 Å². The zero-order valence-corrected chi connectivity index (χ0v) is 13.0. The molecule has 1 aliphatic carbocycles. The van der Waals surface area contributed by atoms with Gasteiger partial charge in [0.05, 0.1) is 18.0 Å². The summed E-state index contributed by atoms with van der Waals surface area (Å²) in [4.78, 5) is 11.3. The molecule has 0 spiro atoms. The number of nitrogens with zero attached hydrogens (tertiary/aromatic N) is 2. The Hall–Kier alpha value is -1.56. The third-order valence-electron chi connectivity index (χ3n) is 4.20. The van der Waals surface area contributed by atoms with Crippen molar-refractivity contribution in [3.63, 3.8) is 0 Å². The van der Waals surface area contributed by atoms with Gasteiger partial charge in [0.25, 0.3) is 0 Å². The molecular formula is C15H26N4O2. The highest BCUT2D eigenvalue weighted by atomic mass is 16.5. The Kier molecular flexibility index (Phi) is 6.04. The zero-order valence-electron chi connectivity index (χ0n) is 13.0. The second kappa shape index (κ2) is 8.02. The number of aromatic nitrogens is 2. The molecule has 1 atom stereocenters. The largest absolute Gasteiger partial charge is 0.380 e. The van der Waals surface area contributed by atoms with Crippen molar-refractivity contribution in [3.8, 4) is 0 Å². The van der Waals surface area contributed by atoms with Gasteiger partial charge in [0, 0.05) is 26.9 Å². The Balaban J connectivity index is 1.82. The van der Waals surface area contributed by atoms with Crippen LogP contribution in [0.1, 0.15) is 32.1 Å². The van der Waals surface area contributed by atoms with Gasteiger partial charge in [-0.05, 0) is 18.8 Å². The van der Waals surface area contributed by atoms with E-state index in [0.29, 0.717) is 5.92 Å². The third-order valence-corrected chi connectivity index (χ3v) is 4.20. The number of nitrogens with one attached hydrogen (secondary N) is 2. The highest BCUT2D eigenvalue weighted by Gasteiger charge is 2.23. The van der Waals surface area contributed by atoms with Crippen molar-refractivity contribution in [3.05, 3.63) is 12.4 Å². The van der Waals surface area contributed by atoms with Gasteiger partial charge in [0.2, 0.25) is 5.91 Å². The van der Waals surface area contributed by atoms with E-state index in [1.54, 1.807) is 25.0 Å². The second-order valence-electron chi connectivity index (χ2n) is 5.65. The van der Waals surface area contributed by atoms with Crippen LogP contribution in [0.4, 0.5) is 5.69 Å². The quantitative estimate of drug-likeness (QED) is 0.802. The highest BCUT2D eigenvalue weighted by molar-refractivity contribution is 5.75. The Labute approximate surface area is 126 Å². The summed E-state index contributed by atoms with van der Waals surface area (Å²) < 4.78 is 7.28. The third kappa shape index (κ3) is 4.74. The summed E-state index contributed by atoms with van der Waals surface area (Å²) in [5, 5.41) is 10.1. The van der Waals surface area contributed by atoms with Crippen molar-refractivity contribution in [2.75, 3.05) is 26.0 Å². The van der Waals surface area contributed by atoms with Crippen LogP contribution in [0.3, 0.4) is 0 Å². The molecule has 0 saturated heterocycles. The van der Waals surface area contributed by atoms with E-state index in [4.69, 9.17) is 4.74 Å². The lowest BCUT2D eigenvalue weighted by molar-refractivity contribution is -0.121. The molecule has 2 rings (SSSR count). The molecule has 1 fully saturated rings. The number of ether oxygens (including phenoxy) is 1. The first kappa shape index (κ1) is 15.8. The van der Waals surface area contributed by atoms with E-state index in [-0.39, 0.29) is 18.6 Å². The lowest BCUT2D eigenvalue weighted by atomic mass is 9.85. The van der Waals surface area contributed by atoms with Gasteiger partial charge in [0.15, 0.2) is 0 Å². The van der Waals surface area contributed by atoms with Crippen molar-refractivity contribution in [2.45, 2.75) is 44.8 Å². The first-order chi connectivity index (χ1) is 10.2. The predicted molar refractivity (Wildman–Crippen MR) is 82.2 cm³/mol. The Morgan fingerprint density at radius 1 is 1.48 bits per heavy atom. The average Bonchev–Trinajstić information content (AvgIpc) is 2.96. The summed E-state index contributed by atoms with van der Waals surface area (Å²) in [6.45, 7) is 1.03. The molecule has 1 aromatic heterocycles. The van der Waals surface area contributed by atoms with Gasteiger partial charge >= 0.3 is 0 Å². The first-order valence-corrected chi connectivity index (χ1v) is 7.72. The molecule has 1 saturated carbocycles. The fraction of sp³-hybridized carbons (Fsp3) is 0.733. The molecule has 1 unspecified atom stereocenters. The number of likely N-dealkylation sites (N-methyl/N-ethyl adjacent to an activating group) is 1. The second-order valence-corrected chi connectivity index (χ2v) is 5.65. The topological polar surface area (TPSA) is 68.2 Å². The van der Waals surface area contributed by atoms with Crippen LogP contribution in [0.5, 0.6) is 0 Å². The van der Waals surface area contributed by atoms with Crippen LogP contribution >= 0.6 is 0 Å². The number of carbonyl (C=O) groups excluding carboxylic acids is 1. The summed E-state index contributed by atoms with van der Waals surface area (Å²) in [5.74, 6) is 0.596. The molecule has 6 heteroatoms. The van der Waals surface area contributed by atoms with Gasteiger partial charge in [-0.1, -0.05) is 19.3 Å². The van der Waals surface area contributed by atoms with Gasteiger partial charge in [-0.25, -0.2) is 0 Å². The summed E-state index contributed by atoms with van der Waals surface area (Å²) in [6.07, 6.45) is 10.3. The van der Waals surface area contributed by atoms with Crippen LogP contribution < -0.4 is 10.6 Å². The minimum absolute atomic E-state index is 0.0541. The normalized spacial score (nSPS) is 17.4. The molecule has 1 amide bonds. The van der Waals surface area contributed by atoms with Gasteiger partial charge in [-0.2, -0.15) is 5.10 Å². The number of amides is 1. The molecular weight excluding hydrogens is 268 g/mol. The molecule has 1 aliphatic rings. The fourth-order valence-electron chi connectivity index (χ4n) is 2.93. The molecule has 0 radical (unpaired) electrons. The van der Waals surface area contributed by atoms with Crippen molar-refractivity contribution in [2.24, 2.45) is 5.92 Å². The first-order valence-electron chi connectivity index (χ1n) is 7.72. The Morgan fingerprint density at radius 3 is 2.90 bits per heavy atom. The minimum atomic E-state index is -0.0541. The van der Waals surface area contributed by atoms with Crippen LogP contribution in [0.25, 0.3) is 0 Å². The van der Waals surface area contributed by atoms with Gasteiger partial charge in [-0.3, -0.25) is 9.48 Å². The zero-order chi connectivity index (χ0) is 15.1. The average molecular weight is 294 g/mol. The molecule has 2 N–H and O–H groups in total. The van der Waals surface area contributed by atoms with E-state index >= 15 is 0 Å². The number of anilines is 1. The van der Waals surface area contributed by atoms with Crippen LogP contribution in [-0.2, 0) is 16.1 Å². The number of carbonyl (C=O) groups is 1. The molecule has 1 heterocycles. The van der Waals surface area contributed by atoms with Gasteiger partial charge in [-0.15, -0.1) is 0 Å². The maximum Gasteiger partial charge on any atom is 0.241 e. The van der Waals surface area contributed by atoms with Crippen LogP contribution in [-0.4, -0.2) is 42.5 Å². The minimum Gasteiger partial charge on any atom is -0.380 e. The Morgan fingerprint density at radius 2 is 2.24 bits per heavy atom. The van der Waals surface area contributed by atoms with E-state index < -0.39 is 0 Å². The Bertz CT molecular complexity index is 441. The van der Waals surface area contributed by atoms with Crippen LogP contribution in [0.15, 0.2) is 12.4 Å². The lowest BCUT2D eigenvalue weighted by Gasteiger charge is -2.29. The van der Waals surface area contributed by atoms with E-state index in [0.717, 1.165) is 12.2 Å². The van der Waals surface area contributed by atoms with E-state index in [1.807, 2.05) is 6.20 Å². The molecule has 0 aliphatic heterocycles. The standard InChI is InChI=1S/C15H26N4O2/c1-16-15(20)11-19-10-13(8-18-19)17-9-14(21-2)12-6-4-3-5-7-12/h8,10,12,14,17H,3-7,9,11H2,1-2H3,(H,16,20). The number of hydrogen-bond acceptors (Lipinski definition) is 4. The summed E-state index contributed by atoms with van der Waals surface area (Å²) >= 11 is 0. The molecule has 118 valence electrons. The monoisotopic (exact) mass is 294 g/mol. The van der Waals surface area contributed by atoms with E-state index in [2.05, 4.69) is 15.7 Å². The maximum absolute atomic E-state index is 11.3. The predicted octanol–water partition coefficient (Wildman–Crippen LogP) is 1.64. The van der Waals surface area contributed by atoms with Crippen molar-refractivity contribution >= 4 is 11.6 Å². The SMILES string of the molecule is CNC(=O)Cn1cc(NCC(OC)C2CCCCC2)cn1. The fourth-order valence-corrected chi connectivity index (χ4v) is 2.93. The number of hydrogen-bond donors (Lipinski definition) is 2. The summed E-state index contributed by atoms with van der Waals surface area (Å²) in [5.41, 5.74) is 0.928. The van der Waals surface area contributed by atoms with Gasteiger partial charge < -0.3 is 15.4 Å². The van der Waals surface area contributed by atoms with Crippen molar-refractivity contribution in [1.29, 1.82) is 0 Å². The number of rotatable bonds is 7. The highest BCUT2D eigenvalue weighted by Crippen LogP contribution is 2.27. The molecule has 6 nitrogen and oxygen atoms in total. The molecule has 1 aromatic rings. The smallest absolute Gasteiger partial charge is 0.241 e. The van der Waals surface area contributed by atoms with Crippen LogP contribution in [0, 0.1) is 5.92 Å². The molecule has 21 heavy (non-hydrogen) atoms. The van der Waals surface area contributed by atoms with E-state index in [1.165, 1.54) is 32.1 Å². The molecule has 0 aromatic carbocycles. The number of methoxy groups -OCH3 is 1. The maximum atomic E-state index is 11.3. The summed E-state index contributed by atoms with van der Waals surface area (Å²) in [7, 11) is 3.41. The van der Waals surface area contributed by atoms with Crippen molar-refractivity contribution in [1.82, 2.24) is 15.1 Å². The summed E-state index contributed by atoms with van der Waals surface area (Å²) in [6, 6.07) is 0. The van der Waals surface area contributed by atoms with E-state index in [9.17, 15) is 4.79 Å². The lowest BCUT2D eigenvalue weighted by Crippen LogP contribution is -2.31. The van der Waals surface area contributed by atoms with Crippen molar-refractivity contribution < 1.29 is 9.53 Å². The molecule has 0 bridgehead atoms.